The molecule has 0 saturated carbocycles. The lowest BCUT2D eigenvalue weighted by Crippen LogP contribution is -2.37. The molecular formula is C10H16N4O2+2. The second-order valence-corrected chi connectivity index (χ2v) is 4.33. The molecule has 2 N–H and O–H groups in total. The summed E-state index contributed by atoms with van der Waals surface area (Å²) in [4.78, 5) is 0. The fourth-order valence-electron chi connectivity index (χ4n) is 0.601. The summed E-state index contributed by atoms with van der Waals surface area (Å²) >= 11 is 0. The van der Waals surface area contributed by atoms with Crippen LogP contribution in [-0.2, 0) is 0 Å². The van der Waals surface area contributed by atoms with Gasteiger partial charge in [-0.05, 0) is 9.48 Å². The van der Waals surface area contributed by atoms with Gasteiger partial charge in [-0.15, -0.1) is 0 Å². The first-order valence-corrected chi connectivity index (χ1v) is 4.64. The van der Waals surface area contributed by atoms with Gasteiger partial charge in [0.05, 0.1) is 0 Å². The van der Waals surface area contributed by atoms with Gasteiger partial charge in [0.15, 0.2) is 0 Å². The van der Waals surface area contributed by atoms with E-state index < -0.39 is 11.1 Å². The van der Waals surface area contributed by atoms with Crippen LogP contribution in [0, 0.1) is 22.7 Å². The maximum absolute atomic E-state index is 9.47. The minimum Gasteiger partial charge on any atom is -0.289 e. The SMILES string of the molecule is CC(C)(C#N)/[N+](O)=C/C=[N+](/O)C(C)(C)C#N. The molecular weight excluding hydrogens is 208 g/mol. The molecule has 0 atom stereocenters. The van der Waals surface area contributed by atoms with E-state index in [1.54, 1.807) is 0 Å². The van der Waals surface area contributed by atoms with E-state index in [0.717, 1.165) is 12.4 Å². The molecule has 0 bridgehead atoms. The molecule has 0 fully saturated rings. The van der Waals surface area contributed by atoms with E-state index >= 15 is 0 Å². The number of rotatable bonds is 3. The number of hydroxylamine groups is 2. The van der Waals surface area contributed by atoms with Gasteiger partial charge in [0.25, 0.3) is 23.5 Å². The lowest BCUT2D eigenvalue weighted by molar-refractivity contribution is -0.818. The van der Waals surface area contributed by atoms with Crippen molar-refractivity contribution in [3.05, 3.63) is 0 Å². The minimum atomic E-state index is -1.10. The van der Waals surface area contributed by atoms with E-state index in [2.05, 4.69) is 0 Å². The first-order chi connectivity index (χ1) is 7.17. The highest BCUT2D eigenvalue weighted by atomic mass is 16.5. The van der Waals surface area contributed by atoms with Crippen LogP contribution < -0.4 is 0 Å². The van der Waals surface area contributed by atoms with Crippen molar-refractivity contribution < 1.29 is 19.9 Å². The molecule has 0 radical (unpaired) electrons. The van der Waals surface area contributed by atoms with Crippen molar-refractivity contribution in [3.8, 4) is 12.1 Å². The van der Waals surface area contributed by atoms with Crippen molar-refractivity contribution >= 4 is 12.4 Å². The van der Waals surface area contributed by atoms with E-state index in [0.29, 0.717) is 9.48 Å². The van der Waals surface area contributed by atoms with Gasteiger partial charge >= 0.3 is 0 Å². The Morgan fingerprint density at radius 3 is 1.31 bits per heavy atom. The third-order valence-electron chi connectivity index (χ3n) is 2.04. The van der Waals surface area contributed by atoms with Gasteiger partial charge in [-0.3, -0.25) is 10.4 Å². The predicted octanol–water partition coefficient (Wildman–Crippen LogP) is 0.536. The molecule has 6 nitrogen and oxygen atoms in total. The smallest absolute Gasteiger partial charge is 0.289 e. The van der Waals surface area contributed by atoms with Crippen molar-refractivity contribution in [2.45, 2.75) is 38.8 Å². The summed E-state index contributed by atoms with van der Waals surface area (Å²) in [5.41, 5.74) is -2.21. The average Bonchev–Trinajstić information content (AvgIpc) is 2.24. The third kappa shape index (κ3) is 3.25. The Bertz CT molecular complexity index is 368. The zero-order chi connectivity index (χ0) is 13.0. The summed E-state index contributed by atoms with van der Waals surface area (Å²) in [5, 5.41) is 36.4. The van der Waals surface area contributed by atoms with E-state index in [-0.39, 0.29) is 0 Å². The standard InChI is InChI=1S/C10H16N4O2/c1-9(2,7-11)13(15)5-6-14(16)10(3,4)8-12/h5-6,15-16H,1-4H3/q+2/b13-5-,14-6+. The maximum Gasteiger partial charge on any atom is 0.289 e. The number of hydrogen-bond donors (Lipinski definition) is 2. The van der Waals surface area contributed by atoms with Crippen LogP contribution in [0.2, 0.25) is 0 Å². The third-order valence-corrected chi connectivity index (χ3v) is 2.04. The molecule has 0 aromatic rings. The van der Waals surface area contributed by atoms with Crippen LogP contribution in [0.1, 0.15) is 27.7 Å². The first kappa shape index (κ1) is 13.9. The van der Waals surface area contributed by atoms with Gasteiger partial charge < -0.3 is 0 Å². The zero-order valence-electron chi connectivity index (χ0n) is 9.84. The summed E-state index contributed by atoms with van der Waals surface area (Å²) in [5.74, 6) is 0. The highest BCUT2D eigenvalue weighted by molar-refractivity contribution is 6.10. The highest BCUT2D eigenvalue weighted by Crippen LogP contribution is 2.04. The van der Waals surface area contributed by atoms with Gasteiger partial charge in [0, 0.05) is 27.7 Å². The predicted molar refractivity (Wildman–Crippen MR) is 55.6 cm³/mol. The van der Waals surface area contributed by atoms with Crippen molar-refractivity contribution in [3.63, 3.8) is 0 Å². The molecule has 0 aliphatic rings. The van der Waals surface area contributed by atoms with Crippen molar-refractivity contribution in [1.82, 2.24) is 0 Å². The summed E-state index contributed by atoms with van der Waals surface area (Å²) in [6.45, 7) is 6.03. The van der Waals surface area contributed by atoms with E-state index in [1.807, 2.05) is 12.1 Å². The van der Waals surface area contributed by atoms with E-state index in [4.69, 9.17) is 10.5 Å². The largest absolute Gasteiger partial charge is 0.289 e. The molecule has 0 aliphatic heterocycles. The van der Waals surface area contributed by atoms with Crippen LogP contribution in [0.25, 0.3) is 0 Å². The Kier molecular flexibility index (Phi) is 4.02. The van der Waals surface area contributed by atoms with Crippen LogP contribution in [0.4, 0.5) is 0 Å². The Labute approximate surface area is 94.5 Å². The second-order valence-electron chi connectivity index (χ2n) is 4.33. The molecule has 86 valence electrons. The number of hydrogen-bond acceptors (Lipinski definition) is 4. The van der Waals surface area contributed by atoms with Crippen LogP contribution in [-0.4, -0.2) is 43.4 Å². The van der Waals surface area contributed by atoms with Crippen molar-refractivity contribution in [2.24, 2.45) is 0 Å². The number of nitriles is 2. The van der Waals surface area contributed by atoms with Crippen molar-refractivity contribution in [2.75, 3.05) is 0 Å². The monoisotopic (exact) mass is 224 g/mol. The van der Waals surface area contributed by atoms with E-state index in [1.165, 1.54) is 27.7 Å². The molecule has 0 unspecified atom stereocenters. The lowest BCUT2D eigenvalue weighted by atomic mass is 10.1. The molecule has 0 rings (SSSR count). The highest BCUT2D eigenvalue weighted by Gasteiger charge is 2.34. The molecule has 0 heterocycles. The molecule has 0 saturated heterocycles. The molecule has 0 aromatic heterocycles. The van der Waals surface area contributed by atoms with Gasteiger partial charge in [-0.2, -0.15) is 10.5 Å². The summed E-state index contributed by atoms with van der Waals surface area (Å²) in [6, 6.07) is 3.75. The van der Waals surface area contributed by atoms with Crippen LogP contribution >= 0.6 is 0 Å². The first-order valence-electron chi connectivity index (χ1n) is 4.64. The Balaban J connectivity index is 5.07. The molecule has 0 aliphatic carbocycles. The van der Waals surface area contributed by atoms with Crippen LogP contribution in [0.15, 0.2) is 0 Å². The average molecular weight is 224 g/mol. The summed E-state index contributed by atoms with van der Waals surface area (Å²) in [7, 11) is 0. The minimum absolute atomic E-state index is 0.656. The van der Waals surface area contributed by atoms with E-state index in [9.17, 15) is 10.4 Å². The normalized spacial score (nSPS) is 14.1. The van der Waals surface area contributed by atoms with Crippen LogP contribution in [0.3, 0.4) is 0 Å². The van der Waals surface area contributed by atoms with Crippen molar-refractivity contribution in [1.29, 1.82) is 10.5 Å². The van der Waals surface area contributed by atoms with Gasteiger partial charge in [0.1, 0.15) is 12.1 Å². The van der Waals surface area contributed by atoms with Gasteiger partial charge in [-0.25, -0.2) is 0 Å². The molecule has 6 heteroatoms. The Morgan fingerprint density at radius 2 is 1.12 bits per heavy atom. The Hall–Kier alpha value is -2.08. The van der Waals surface area contributed by atoms with Gasteiger partial charge in [-0.1, -0.05) is 0 Å². The quantitative estimate of drug-likeness (QED) is 0.316. The fraction of sp³-hybridized carbons (Fsp3) is 0.600. The maximum atomic E-state index is 9.47. The second kappa shape index (κ2) is 4.63. The fourth-order valence-corrected chi connectivity index (χ4v) is 0.601. The lowest BCUT2D eigenvalue weighted by Gasteiger charge is -2.06. The molecule has 16 heavy (non-hydrogen) atoms. The molecule has 0 aromatic carbocycles. The summed E-state index contributed by atoms with van der Waals surface area (Å²) < 4.78 is 1.31. The molecule has 0 amide bonds. The molecule has 0 spiro atoms. The van der Waals surface area contributed by atoms with Crippen LogP contribution in [0.5, 0.6) is 0 Å². The number of nitrogens with zero attached hydrogens (tertiary/aromatic N) is 4. The topological polar surface area (TPSA) is 94.1 Å². The summed E-state index contributed by atoms with van der Waals surface area (Å²) in [6.07, 6.45) is 2.23. The zero-order valence-corrected chi connectivity index (χ0v) is 9.84. The Morgan fingerprint density at radius 1 is 0.875 bits per heavy atom. The van der Waals surface area contributed by atoms with Gasteiger partial charge in [0.2, 0.25) is 0 Å².